The lowest BCUT2D eigenvalue weighted by molar-refractivity contribution is 0.0903. The molecule has 0 heterocycles. The number of ether oxygens (including phenoxy) is 1. The van der Waals surface area contributed by atoms with E-state index in [4.69, 9.17) is 4.74 Å². The maximum atomic E-state index is 11.0. The van der Waals surface area contributed by atoms with Gasteiger partial charge < -0.3 is 9.29 Å². The van der Waals surface area contributed by atoms with Gasteiger partial charge in [0.1, 0.15) is 5.75 Å². The highest BCUT2D eigenvalue weighted by molar-refractivity contribution is 7.90. The summed E-state index contributed by atoms with van der Waals surface area (Å²) in [7, 11) is 1.76. The summed E-state index contributed by atoms with van der Waals surface area (Å²) in [6.07, 6.45) is 12.1. The van der Waals surface area contributed by atoms with Crippen molar-refractivity contribution in [2.24, 2.45) is 0 Å². The fourth-order valence-electron chi connectivity index (χ4n) is 1.83. The first-order valence-electron chi connectivity index (χ1n) is 6.53. The lowest BCUT2D eigenvalue weighted by atomic mass is 10.1. The lowest BCUT2D eigenvalue weighted by Gasteiger charge is -2.15. The third-order valence-corrected chi connectivity index (χ3v) is 3.75. The Balaban J connectivity index is 3.33. The maximum absolute atomic E-state index is 11.0. The zero-order valence-corrected chi connectivity index (χ0v) is 12.0. The van der Waals surface area contributed by atoms with Gasteiger partial charge in [-0.1, -0.05) is 56.6 Å². The lowest BCUT2D eigenvalue weighted by Crippen LogP contribution is -2.16. The molecule has 0 saturated carbocycles. The SMILES string of the molecule is CCCCCCCCC(CC[S+](C)[O-])OC. The van der Waals surface area contributed by atoms with Crippen LogP contribution in [-0.2, 0) is 15.9 Å². The first-order valence-corrected chi connectivity index (χ1v) is 8.26. The molecular formula is C13H28O2S. The molecule has 2 nitrogen and oxygen atoms in total. The van der Waals surface area contributed by atoms with E-state index in [9.17, 15) is 4.55 Å². The minimum atomic E-state index is -0.679. The van der Waals surface area contributed by atoms with Crippen LogP contribution in [0.15, 0.2) is 0 Å². The number of methoxy groups -OCH3 is 1. The first-order chi connectivity index (χ1) is 7.70. The highest BCUT2D eigenvalue weighted by Gasteiger charge is 2.09. The largest absolute Gasteiger partial charge is 0.617 e. The van der Waals surface area contributed by atoms with Crippen LogP contribution in [0.25, 0.3) is 0 Å². The molecule has 0 N–H and O–H groups in total. The van der Waals surface area contributed by atoms with Gasteiger partial charge in [0.2, 0.25) is 0 Å². The maximum Gasteiger partial charge on any atom is 0.107 e. The van der Waals surface area contributed by atoms with Crippen molar-refractivity contribution in [2.45, 2.75) is 64.4 Å². The molecule has 0 rings (SSSR count). The minimum Gasteiger partial charge on any atom is -0.617 e. The minimum absolute atomic E-state index is 0.315. The second kappa shape index (κ2) is 11.7. The van der Waals surface area contributed by atoms with E-state index in [0.717, 1.165) is 18.6 Å². The summed E-state index contributed by atoms with van der Waals surface area (Å²) in [5, 5.41) is 0. The number of hydrogen-bond donors (Lipinski definition) is 0. The molecule has 0 aromatic heterocycles. The summed E-state index contributed by atoms with van der Waals surface area (Å²) < 4.78 is 16.4. The van der Waals surface area contributed by atoms with Gasteiger partial charge in [-0.2, -0.15) is 0 Å². The Bertz CT molecular complexity index is 140. The number of rotatable bonds is 11. The average molecular weight is 248 g/mol. The molecule has 98 valence electrons. The van der Waals surface area contributed by atoms with Crippen molar-refractivity contribution in [1.29, 1.82) is 0 Å². The summed E-state index contributed by atoms with van der Waals surface area (Å²) in [5.74, 6) is 0.772. The predicted molar refractivity (Wildman–Crippen MR) is 72.3 cm³/mol. The molecule has 0 aliphatic carbocycles. The Morgan fingerprint density at radius 3 is 2.25 bits per heavy atom. The van der Waals surface area contributed by atoms with Crippen LogP contribution < -0.4 is 0 Å². The van der Waals surface area contributed by atoms with Gasteiger partial charge in [0.05, 0.1) is 12.4 Å². The third kappa shape index (κ3) is 10.8. The number of unbranched alkanes of at least 4 members (excludes halogenated alkanes) is 5. The molecule has 16 heavy (non-hydrogen) atoms. The van der Waals surface area contributed by atoms with E-state index in [-0.39, 0.29) is 0 Å². The standard InChI is InChI=1S/C13H28O2S/c1-4-5-6-7-8-9-10-13(15-2)11-12-16(3)14/h13H,4-12H2,1-3H3. The van der Waals surface area contributed by atoms with Crippen LogP contribution in [0.1, 0.15) is 58.3 Å². The van der Waals surface area contributed by atoms with Gasteiger partial charge in [-0.05, 0) is 6.42 Å². The molecule has 0 aromatic carbocycles. The summed E-state index contributed by atoms with van der Waals surface area (Å²) in [6.45, 7) is 2.24. The average Bonchev–Trinajstić information content (AvgIpc) is 2.27. The zero-order chi connectivity index (χ0) is 12.2. The normalized spacial score (nSPS) is 15.0. The van der Waals surface area contributed by atoms with Gasteiger partial charge >= 0.3 is 0 Å². The number of hydrogen-bond acceptors (Lipinski definition) is 2. The van der Waals surface area contributed by atoms with Gasteiger partial charge in [-0.25, -0.2) is 0 Å². The summed E-state index contributed by atoms with van der Waals surface area (Å²) in [5.41, 5.74) is 0. The van der Waals surface area contributed by atoms with Crippen LogP contribution in [0.4, 0.5) is 0 Å². The van der Waals surface area contributed by atoms with Crippen molar-refractivity contribution in [2.75, 3.05) is 19.1 Å². The summed E-state index contributed by atoms with van der Waals surface area (Å²) in [6, 6.07) is 0. The van der Waals surface area contributed by atoms with Crippen LogP contribution in [-0.4, -0.2) is 29.8 Å². The van der Waals surface area contributed by atoms with Crippen LogP contribution in [0.2, 0.25) is 0 Å². The van der Waals surface area contributed by atoms with E-state index in [1.54, 1.807) is 13.4 Å². The fraction of sp³-hybridized carbons (Fsp3) is 1.00. The van der Waals surface area contributed by atoms with Gasteiger partial charge in [-0.15, -0.1) is 0 Å². The molecule has 0 saturated heterocycles. The molecular weight excluding hydrogens is 220 g/mol. The zero-order valence-electron chi connectivity index (χ0n) is 11.2. The van der Waals surface area contributed by atoms with Crippen molar-refractivity contribution < 1.29 is 9.29 Å². The van der Waals surface area contributed by atoms with Crippen molar-refractivity contribution in [3.63, 3.8) is 0 Å². The molecule has 2 unspecified atom stereocenters. The Morgan fingerprint density at radius 2 is 1.69 bits per heavy atom. The van der Waals surface area contributed by atoms with Gasteiger partial charge in [0.15, 0.2) is 0 Å². The van der Waals surface area contributed by atoms with Gasteiger partial charge in [0, 0.05) is 13.5 Å². The van der Waals surface area contributed by atoms with Crippen LogP contribution in [0.5, 0.6) is 0 Å². The third-order valence-electron chi connectivity index (χ3n) is 2.94. The predicted octanol–water partition coefficient (Wildman–Crippen LogP) is 3.52. The van der Waals surface area contributed by atoms with Crippen molar-refractivity contribution in [3.05, 3.63) is 0 Å². The van der Waals surface area contributed by atoms with Gasteiger partial charge in [-0.3, -0.25) is 0 Å². The Morgan fingerprint density at radius 1 is 1.06 bits per heavy atom. The molecule has 2 atom stereocenters. The molecule has 0 bridgehead atoms. The van der Waals surface area contributed by atoms with E-state index in [0.29, 0.717) is 6.10 Å². The van der Waals surface area contributed by atoms with Crippen LogP contribution in [0, 0.1) is 0 Å². The smallest absolute Gasteiger partial charge is 0.107 e. The van der Waals surface area contributed by atoms with E-state index >= 15 is 0 Å². The van der Waals surface area contributed by atoms with E-state index < -0.39 is 11.2 Å². The van der Waals surface area contributed by atoms with Crippen molar-refractivity contribution in [1.82, 2.24) is 0 Å². The summed E-state index contributed by atoms with van der Waals surface area (Å²) >= 11 is -0.679. The molecule has 0 amide bonds. The van der Waals surface area contributed by atoms with Crippen LogP contribution in [0.3, 0.4) is 0 Å². The van der Waals surface area contributed by atoms with Gasteiger partial charge in [0.25, 0.3) is 0 Å². The Labute approximate surface area is 104 Å². The van der Waals surface area contributed by atoms with Crippen LogP contribution >= 0.6 is 0 Å². The molecule has 0 spiro atoms. The van der Waals surface area contributed by atoms with E-state index in [1.165, 1.54) is 38.5 Å². The molecule has 0 aromatic rings. The summed E-state index contributed by atoms with van der Waals surface area (Å²) in [4.78, 5) is 0. The first kappa shape index (κ1) is 16.3. The second-order valence-corrected chi connectivity index (χ2v) is 6.03. The molecule has 0 aliphatic rings. The Hall–Kier alpha value is 0.270. The molecule has 0 aliphatic heterocycles. The van der Waals surface area contributed by atoms with Crippen molar-refractivity contribution >= 4 is 11.2 Å². The highest BCUT2D eigenvalue weighted by Crippen LogP contribution is 2.12. The second-order valence-electron chi connectivity index (χ2n) is 4.48. The topological polar surface area (TPSA) is 32.3 Å². The monoisotopic (exact) mass is 248 g/mol. The molecule has 0 fully saturated rings. The highest BCUT2D eigenvalue weighted by atomic mass is 32.2. The molecule has 3 heteroatoms. The van der Waals surface area contributed by atoms with Crippen molar-refractivity contribution in [3.8, 4) is 0 Å². The molecule has 0 radical (unpaired) electrons. The van der Waals surface area contributed by atoms with E-state index in [2.05, 4.69) is 6.92 Å². The Kier molecular flexibility index (Phi) is 11.9. The quantitative estimate of drug-likeness (QED) is 0.414. The fourth-order valence-corrected chi connectivity index (χ4v) is 2.42. The van der Waals surface area contributed by atoms with E-state index in [1.807, 2.05) is 0 Å².